The van der Waals surface area contributed by atoms with E-state index in [0.29, 0.717) is 6.61 Å². The van der Waals surface area contributed by atoms with Gasteiger partial charge in [0.15, 0.2) is 0 Å². The summed E-state index contributed by atoms with van der Waals surface area (Å²) in [5.74, 6) is 1.86. The molecule has 0 aliphatic carbocycles. The lowest BCUT2D eigenvalue weighted by Gasteiger charge is -2.14. The number of anilines is 1. The van der Waals surface area contributed by atoms with Crippen LogP contribution in [0.2, 0.25) is 0 Å². The first-order valence-electron chi connectivity index (χ1n) is 8.23. The minimum Gasteiger partial charge on any atom is -0.383 e. The molecular formula is C18H24N4O. The van der Waals surface area contributed by atoms with Crippen molar-refractivity contribution in [2.24, 2.45) is 0 Å². The zero-order valence-electron chi connectivity index (χ0n) is 13.6. The van der Waals surface area contributed by atoms with E-state index in [4.69, 9.17) is 14.7 Å². The van der Waals surface area contributed by atoms with Crippen molar-refractivity contribution in [2.75, 3.05) is 38.7 Å². The summed E-state index contributed by atoms with van der Waals surface area (Å²) in [6.45, 7) is 3.39. The van der Waals surface area contributed by atoms with Crippen molar-refractivity contribution in [2.45, 2.75) is 19.3 Å². The Labute approximate surface area is 137 Å². The second kappa shape index (κ2) is 8.04. The maximum atomic E-state index is 5.14. The van der Waals surface area contributed by atoms with Crippen LogP contribution in [0.25, 0.3) is 0 Å². The van der Waals surface area contributed by atoms with Gasteiger partial charge in [0.05, 0.1) is 12.3 Å². The fourth-order valence-corrected chi connectivity index (χ4v) is 2.87. The number of benzene rings is 1. The van der Waals surface area contributed by atoms with Gasteiger partial charge in [-0.1, -0.05) is 30.3 Å². The normalized spacial score (nSPS) is 14.1. The molecule has 5 heteroatoms. The van der Waals surface area contributed by atoms with E-state index in [-0.39, 0.29) is 0 Å². The van der Waals surface area contributed by atoms with Crippen LogP contribution in [0.3, 0.4) is 0 Å². The third-order valence-corrected chi connectivity index (χ3v) is 4.03. The average Bonchev–Trinajstić information content (AvgIpc) is 2.81. The lowest BCUT2D eigenvalue weighted by molar-refractivity contribution is 0.210. The second-order valence-electron chi connectivity index (χ2n) is 5.75. The van der Waals surface area contributed by atoms with Gasteiger partial charge >= 0.3 is 0 Å². The molecule has 0 atom stereocenters. The third-order valence-electron chi connectivity index (χ3n) is 4.03. The van der Waals surface area contributed by atoms with Crippen molar-refractivity contribution >= 4 is 5.82 Å². The standard InChI is InChI=1S/C18H24N4O/c1-23-12-11-20-18-15-7-9-19-10-8-16(15)21-17(22-18)13-14-5-3-2-4-6-14/h2-6,19H,7-13H2,1H3,(H,20,21,22). The molecule has 1 aromatic carbocycles. The van der Waals surface area contributed by atoms with Gasteiger partial charge in [0.25, 0.3) is 0 Å². The zero-order valence-corrected chi connectivity index (χ0v) is 13.6. The minimum atomic E-state index is 0.672. The SMILES string of the molecule is COCCNc1nc(Cc2ccccc2)nc2c1CCNCC2. The van der Waals surface area contributed by atoms with Gasteiger partial charge in [0.2, 0.25) is 0 Å². The number of hydrogen-bond acceptors (Lipinski definition) is 5. The number of aromatic nitrogens is 2. The maximum absolute atomic E-state index is 5.14. The number of fused-ring (bicyclic) bond motifs is 1. The van der Waals surface area contributed by atoms with Crippen LogP contribution in [0.1, 0.15) is 22.6 Å². The Hall–Kier alpha value is -1.98. The zero-order chi connectivity index (χ0) is 15.9. The van der Waals surface area contributed by atoms with Crippen LogP contribution in [0.15, 0.2) is 30.3 Å². The Bertz CT molecular complexity index is 630. The summed E-state index contributed by atoms with van der Waals surface area (Å²) in [4.78, 5) is 9.62. The minimum absolute atomic E-state index is 0.672. The van der Waals surface area contributed by atoms with Crippen LogP contribution >= 0.6 is 0 Å². The first kappa shape index (κ1) is 15.9. The molecule has 1 aromatic heterocycles. The van der Waals surface area contributed by atoms with Crippen LogP contribution in [0.5, 0.6) is 0 Å². The van der Waals surface area contributed by atoms with E-state index < -0.39 is 0 Å². The molecule has 1 aliphatic rings. The molecule has 2 heterocycles. The Morgan fingerprint density at radius 3 is 2.78 bits per heavy atom. The van der Waals surface area contributed by atoms with Crippen LogP contribution < -0.4 is 10.6 Å². The third kappa shape index (κ3) is 4.27. The highest BCUT2D eigenvalue weighted by atomic mass is 16.5. The number of rotatable bonds is 6. The Morgan fingerprint density at radius 1 is 1.13 bits per heavy atom. The summed E-state index contributed by atoms with van der Waals surface area (Å²) in [5.41, 5.74) is 3.67. The van der Waals surface area contributed by atoms with Gasteiger partial charge in [0.1, 0.15) is 11.6 Å². The Kier molecular flexibility index (Phi) is 5.56. The molecule has 3 rings (SSSR count). The van der Waals surface area contributed by atoms with Gasteiger partial charge in [-0.3, -0.25) is 0 Å². The molecule has 0 amide bonds. The van der Waals surface area contributed by atoms with Crippen molar-refractivity contribution in [1.82, 2.24) is 15.3 Å². The van der Waals surface area contributed by atoms with Crippen molar-refractivity contribution in [3.05, 3.63) is 53.0 Å². The number of nitrogens with zero attached hydrogens (tertiary/aromatic N) is 2. The molecule has 2 aromatic rings. The maximum Gasteiger partial charge on any atom is 0.135 e. The Balaban J connectivity index is 1.87. The molecule has 1 aliphatic heterocycles. The van der Waals surface area contributed by atoms with E-state index in [0.717, 1.165) is 50.5 Å². The number of ether oxygens (including phenoxy) is 1. The topological polar surface area (TPSA) is 59.1 Å². The monoisotopic (exact) mass is 312 g/mol. The molecule has 0 unspecified atom stereocenters. The van der Waals surface area contributed by atoms with Crippen LogP contribution in [0, 0.1) is 0 Å². The summed E-state index contributed by atoms with van der Waals surface area (Å²) >= 11 is 0. The van der Waals surface area contributed by atoms with E-state index in [1.807, 2.05) is 6.07 Å². The fourth-order valence-electron chi connectivity index (χ4n) is 2.87. The summed E-state index contributed by atoms with van der Waals surface area (Å²) in [6, 6.07) is 10.4. The molecule has 0 bridgehead atoms. The van der Waals surface area contributed by atoms with E-state index in [2.05, 4.69) is 34.9 Å². The van der Waals surface area contributed by atoms with Crippen molar-refractivity contribution in [3.8, 4) is 0 Å². The highest BCUT2D eigenvalue weighted by Crippen LogP contribution is 2.20. The summed E-state index contributed by atoms with van der Waals surface area (Å²) in [7, 11) is 1.72. The highest BCUT2D eigenvalue weighted by molar-refractivity contribution is 5.48. The lowest BCUT2D eigenvalue weighted by atomic mass is 10.1. The van der Waals surface area contributed by atoms with E-state index in [9.17, 15) is 0 Å². The van der Waals surface area contributed by atoms with E-state index in [1.54, 1.807) is 7.11 Å². The summed E-state index contributed by atoms with van der Waals surface area (Å²) in [5, 5.41) is 6.86. The first-order valence-corrected chi connectivity index (χ1v) is 8.23. The van der Waals surface area contributed by atoms with Gasteiger partial charge in [-0.25, -0.2) is 9.97 Å². The number of methoxy groups -OCH3 is 1. The predicted molar refractivity (Wildman–Crippen MR) is 91.9 cm³/mol. The molecule has 122 valence electrons. The summed E-state index contributed by atoms with van der Waals surface area (Å²) in [6.07, 6.45) is 2.69. The fraction of sp³-hybridized carbons (Fsp3) is 0.444. The van der Waals surface area contributed by atoms with Crippen LogP contribution in [0.4, 0.5) is 5.82 Å². The molecule has 0 saturated heterocycles. The van der Waals surface area contributed by atoms with E-state index >= 15 is 0 Å². The van der Waals surface area contributed by atoms with Gasteiger partial charge < -0.3 is 15.4 Å². The van der Waals surface area contributed by atoms with Crippen molar-refractivity contribution in [3.63, 3.8) is 0 Å². The smallest absolute Gasteiger partial charge is 0.135 e. The molecule has 2 N–H and O–H groups in total. The molecule has 0 spiro atoms. The van der Waals surface area contributed by atoms with Crippen LogP contribution in [-0.2, 0) is 24.0 Å². The predicted octanol–water partition coefficient (Wildman–Crippen LogP) is 1.81. The molecule has 0 radical (unpaired) electrons. The van der Waals surface area contributed by atoms with Crippen LogP contribution in [-0.4, -0.2) is 43.3 Å². The average molecular weight is 312 g/mol. The van der Waals surface area contributed by atoms with Crippen molar-refractivity contribution in [1.29, 1.82) is 0 Å². The van der Waals surface area contributed by atoms with E-state index in [1.165, 1.54) is 16.8 Å². The molecule has 5 nitrogen and oxygen atoms in total. The molecule has 23 heavy (non-hydrogen) atoms. The summed E-state index contributed by atoms with van der Waals surface area (Å²) < 4.78 is 5.14. The number of nitrogens with one attached hydrogen (secondary N) is 2. The molecule has 0 saturated carbocycles. The Morgan fingerprint density at radius 2 is 1.96 bits per heavy atom. The van der Waals surface area contributed by atoms with Gasteiger partial charge in [-0.15, -0.1) is 0 Å². The van der Waals surface area contributed by atoms with Gasteiger partial charge in [0, 0.05) is 38.6 Å². The quantitative estimate of drug-likeness (QED) is 0.797. The second-order valence-corrected chi connectivity index (χ2v) is 5.75. The first-order chi connectivity index (χ1) is 11.4. The number of hydrogen-bond donors (Lipinski definition) is 2. The molecule has 0 fully saturated rings. The van der Waals surface area contributed by atoms with Crippen molar-refractivity contribution < 1.29 is 4.74 Å². The van der Waals surface area contributed by atoms with Gasteiger partial charge in [-0.2, -0.15) is 0 Å². The highest BCUT2D eigenvalue weighted by Gasteiger charge is 2.16. The lowest BCUT2D eigenvalue weighted by Crippen LogP contribution is -2.16. The van der Waals surface area contributed by atoms with Gasteiger partial charge in [-0.05, 0) is 18.5 Å². The largest absolute Gasteiger partial charge is 0.383 e. The molecular weight excluding hydrogens is 288 g/mol.